The molecule has 1 amide bonds. The molecule has 0 radical (unpaired) electrons. The molecule has 0 saturated carbocycles. The van der Waals surface area contributed by atoms with Crippen LogP contribution in [0.2, 0.25) is 0 Å². The van der Waals surface area contributed by atoms with Gasteiger partial charge in [-0.05, 0) is 53.7 Å². The number of benzene rings is 2. The highest BCUT2D eigenvalue weighted by molar-refractivity contribution is 8.00. The van der Waals surface area contributed by atoms with E-state index < -0.39 is 0 Å². The SMILES string of the molecule is C[C@H](Sc1nnnn1-c1ccccc1)C(=O)Nc1ccc(N2CC[NH+](C)CC2)cc1. The average Bonchev–Trinajstić information content (AvgIpc) is 3.23. The monoisotopic (exact) mass is 424 g/mol. The van der Waals surface area contributed by atoms with Crippen LogP contribution >= 0.6 is 11.8 Å². The van der Waals surface area contributed by atoms with Crippen molar-refractivity contribution in [3.63, 3.8) is 0 Å². The molecule has 0 spiro atoms. The molecule has 2 N–H and O–H groups in total. The number of rotatable bonds is 6. The minimum atomic E-state index is -0.348. The molecular weight excluding hydrogens is 398 g/mol. The molecule has 1 atom stereocenters. The zero-order valence-electron chi connectivity index (χ0n) is 17.2. The van der Waals surface area contributed by atoms with Crippen LogP contribution in [-0.4, -0.2) is 64.6 Å². The van der Waals surface area contributed by atoms with Gasteiger partial charge in [-0.1, -0.05) is 30.0 Å². The highest BCUT2D eigenvalue weighted by Crippen LogP contribution is 2.24. The van der Waals surface area contributed by atoms with E-state index >= 15 is 0 Å². The van der Waals surface area contributed by atoms with Crippen LogP contribution in [0.25, 0.3) is 5.69 Å². The summed E-state index contributed by atoms with van der Waals surface area (Å²) in [6, 6.07) is 17.7. The average molecular weight is 425 g/mol. The van der Waals surface area contributed by atoms with Crippen molar-refractivity contribution in [2.45, 2.75) is 17.3 Å². The first-order chi connectivity index (χ1) is 14.6. The van der Waals surface area contributed by atoms with Gasteiger partial charge in [0.2, 0.25) is 11.1 Å². The summed E-state index contributed by atoms with van der Waals surface area (Å²) in [4.78, 5) is 16.6. The normalized spacial score (nSPS) is 15.7. The summed E-state index contributed by atoms with van der Waals surface area (Å²) >= 11 is 1.33. The molecule has 2 aromatic carbocycles. The van der Waals surface area contributed by atoms with Crippen molar-refractivity contribution in [1.82, 2.24) is 20.2 Å². The van der Waals surface area contributed by atoms with E-state index in [1.165, 1.54) is 17.4 Å². The Morgan fingerprint density at radius 3 is 2.47 bits per heavy atom. The van der Waals surface area contributed by atoms with Gasteiger partial charge in [0.15, 0.2) is 0 Å². The fraction of sp³-hybridized carbons (Fsp3) is 0.333. The van der Waals surface area contributed by atoms with E-state index in [4.69, 9.17) is 0 Å². The van der Waals surface area contributed by atoms with Crippen molar-refractivity contribution < 1.29 is 9.69 Å². The maximum atomic E-state index is 12.7. The molecule has 0 bridgehead atoms. The topological polar surface area (TPSA) is 80.4 Å². The number of hydrogen-bond donors (Lipinski definition) is 2. The maximum Gasteiger partial charge on any atom is 0.237 e. The molecule has 9 heteroatoms. The summed E-state index contributed by atoms with van der Waals surface area (Å²) in [5, 5.41) is 15.1. The molecule has 1 aromatic heterocycles. The standard InChI is InChI=1S/C21H25N7OS/c1-16(30-21-23-24-25-28(21)19-6-4-3-5-7-19)20(29)22-17-8-10-18(11-9-17)27-14-12-26(2)13-15-27/h3-11,16H,12-15H2,1-2H3,(H,22,29)/p+1/t16-/m0/s1. The number of amides is 1. The van der Waals surface area contributed by atoms with Gasteiger partial charge in [0.1, 0.15) is 0 Å². The van der Waals surface area contributed by atoms with Gasteiger partial charge in [-0.3, -0.25) is 4.79 Å². The number of nitrogens with zero attached hydrogens (tertiary/aromatic N) is 5. The molecule has 4 rings (SSSR count). The van der Waals surface area contributed by atoms with Crippen molar-refractivity contribution in [2.75, 3.05) is 43.4 Å². The van der Waals surface area contributed by atoms with E-state index in [0.29, 0.717) is 5.16 Å². The first-order valence-electron chi connectivity index (χ1n) is 10.1. The molecule has 1 saturated heterocycles. The van der Waals surface area contributed by atoms with Crippen LogP contribution in [0, 0.1) is 0 Å². The quantitative estimate of drug-likeness (QED) is 0.577. The predicted molar refractivity (Wildman–Crippen MR) is 118 cm³/mol. The van der Waals surface area contributed by atoms with E-state index in [-0.39, 0.29) is 11.2 Å². The molecule has 8 nitrogen and oxygen atoms in total. The van der Waals surface area contributed by atoms with Gasteiger partial charge >= 0.3 is 0 Å². The number of nitrogens with one attached hydrogen (secondary N) is 2. The molecule has 1 fully saturated rings. The van der Waals surface area contributed by atoms with Crippen molar-refractivity contribution >= 4 is 29.0 Å². The summed E-state index contributed by atoms with van der Waals surface area (Å²) in [6.45, 7) is 6.26. The number of tetrazole rings is 1. The van der Waals surface area contributed by atoms with Crippen LogP contribution < -0.4 is 15.1 Å². The van der Waals surface area contributed by atoms with Gasteiger partial charge in [0.25, 0.3) is 0 Å². The minimum absolute atomic E-state index is 0.0847. The lowest BCUT2D eigenvalue weighted by Gasteiger charge is -2.31. The number of carbonyl (C=O) groups is 1. The molecule has 2 heterocycles. The van der Waals surface area contributed by atoms with Gasteiger partial charge in [0.05, 0.1) is 44.2 Å². The third kappa shape index (κ3) is 4.80. The zero-order valence-corrected chi connectivity index (χ0v) is 18.0. The number of likely N-dealkylation sites (N-methyl/N-ethyl adjacent to an activating group) is 1. The van der Waals surface area contributed by atoms with Gasteiger partial charge in [-0.2, -0.15) is 4.68 Å². The van der Waals surface area contributed by atoms with Crippen LogP contribution in [0.15, 0.2) is 59.8 Å². The Balaban J connectivity index is 1.36. The van der Waals surface area contributed by atoms with Crippen LogP contribution in [0.5, 0.6) is 0 Å². The lowest BCUT2D eigenvalue weighted by molar-refractivity contribution is -0.880. The Morgan fingerprint density at radius 2 is 1.77 bits per heavy atom. The lowest BCUT2D eigenvalue weighted by Crippen LogP contribution is -3.12. The molecule has 0 unspecified atom stereocenters. The second kappa shape index (κ2) is 9.27. The number of piperazine rings is 1. The van der Waals surface area contributed by atoms with Crippen LogP contribution in [-0.2, 0) is 4.79 Å². The van der Waals surface area contributed by atoms with Crippen molar-refractivity contribution in [2.24, 2.45) is 0 Å². The Kier molecular flexibility index (Phi) is 6.29. The van der Waals surface area contributed by atoms with E-state index in [1.807, 2.05) is 49.4 Å². The Bertz CT molecular complexity index is 969. The summed E-state index contributed by atoms with van der Waals surface area (Å²) in [6.07, 6.45) is 0. The minimum Gasteiger partial charge on any atom is -0.360 e. The number of hydrogen-bond acceptors (Lipinski definition) is 6. The van der Waals surface area contributed by atoms with Gasteiger partial charge in [-0.15, -0.1) is 5.10 Å². The number of aromatic nitrogens is 4. The summed E-state index contributed by atoms with van der Waals surface area (Å²) in [7, 11) is 2.23. The highest BCUT2D eigenvalue weighted by Gasteiger charge is 2.20. The number of para-hydroxylation sites is 1. The fourth-order valence-electron chi connectivity index (χ4n) is 3.34. The van der Waals surface area contributed by atoms with E-state index in [0.717, 1.165) is 37.6 Å². The molecule has 3 aromatic rings. The van der Waals surface area contributed by atoms with E-state index in [9.17, 15) is 4.79 Å². The Hall–Kier alpha value is -2.91. The smallest absolute Gasteiger partial charge is 0.237 e. The van der Waals surface area contributed by atoms with Gasteiger partial charge in [0, 0.05) is 11.4 Å². The highest BCUT2D eigenvalue weighted by atomic mass is 32.2. The number of anilines is 2. The summed E-state index contributed by atoms with van der Waals surface area (Å²) in [5.41, 5.74) is 2.85. The van der Waals surface area contributed by atoms with E-state index in [2.05, 4.69) is 44.9 Å². The number of carbonyl (C=O) groups excluding carboxylic acids is 1. The largest absolute Gasteiger partial charge is 0.360 e. The second-order valence-electron chi connectivity index (χ2n) is 7.45. The number of quaternary nitrogens is 1. The molecule has 30 heavy (non-hydrogen) atoms. The zero-order chi connectivity index (χ0) is 20.9. The molecule has 1 aliphatic rings. The van der Waals surface area contributed by atoms with Crippen molar-refractivity contribution in [1.29, 1.82) is 0 Å². The third-order valence-electron chi connectivity index (χ3n) is 5.21. The van der Waals surface area contributed by atoms with Crippen LogP contribution in [0.1, 0.15) is 6.92 Å². The van der Waals surface area contributed by atoms with Crippen molar-refractivity contribution in [3.05, 3.63) is 54.6 Å². The van der Waals surface area contributed by atoms with Crippen LogP contribution in [0.3, 0.4) is 0 Å². The second-order valence-corrected chi connectivity index (χ2v) is 8.76. The van der Waals surface area contributed by atoms with Crippen LogP contribution in [0.4, 0.5) is 11.4 Å². The van der Waals surface area contributed by atoms with Gasteiger partial charge < -0.3 is 15.1 Å². The fourth-order valence-corrected chi connectivity index (χ4v) is 4.15. The molecule has 156 valence electrons. The maximum absolute atomic E-state index is 12.7. The lowest BCUT2D eigenvalue weighted by atomic mass is 10.2. The first kappa shape index (κ1) is 20.4. The van der Waals surface area contributed by atoms with E-state index in [1.54, 1.807) is 9.58 Å². The van der Waals surface area contributed by atoms with Crippen molar-refractivity contribution in [3.8, 4) is 5.69 Å². The molecular formula is C21H26N7OS+. The summed E-state index contributed by atoms with van der Waals surface area (Å²) < 4.78 is 1.64. The Morgan fingerprint density at radius 1 is 1.07 bits per heavy atom. The third-order valence-corrected chi connectivity index (χ3v) is 6.24. The Labute approximate surface area is 180 Å². The van der Waals surface area contributed by atoms with Gasteiger partial charge in [-0.25, -0.2) is 0 Å². The number of thioether (sulfide) groups is 1. The predicted octanol–water partition coefficient (Wildman–Crippen LogP) is 1.12. The molecule has 1 aliphatic heterocycles. The molecule has 0 aliphatic carbocycles. The summed E-state index contributed by atoms with van der Waals surface area (Å²) in [5.74, 6) is -0.0847. The first-order valence-corrected chi connectivity index (χ1v) is 11.0.